The van der Waals surface area contributed by atoms with Crippen LogP contribution in [0.25, 0.3) is 5.69 Å². The van der Waals surface area contributed by atoms with Gasteiger partial charge in [0, 0.05) is 3.57 Å². The Morgan fingerprint density at radius 3 is 2.77 bits per heavy atom. The fourth-order valence-corrected chi connectivity index (χ4v) is 2.70. The van der Waals surface area contributed by atoms with Crippen molar-refractivity contribution in [2.45, 2.75) is 0 Å². The summed E-state index contributed by atoms with van der Waals surface area (Å²) in [6.45, 7) is 0. The average molecular weight is 408 g/mol. The molecule has 0 saturated heterocycles. The van der Waals surface area contributed by atoms with Gasteiger partial charge in [-0.25, -0.2) is 9.07 Å². The quantitative estimate of drug-likeness (QED) is 0.677. The highest BCUT2D eigenvalue weighted by Crippen LogP contribution is 2.21. The van der Waals surface area contributed by atoms with Crippen LogP contribution in [0.3, 0.4) is 0 Å². The predicted molar refractivity (Wildman–Crippen MR) is 88.4 cm³/mol. The van der Waals surface area contributed by atoms with Crippen LogP contribution in [-0.2, 0) is 0 Å². The molecule has 0 aliphatic carbocycles. The minimum absolute atomic E-state index is 0.308. The van der Waals surface area contributed by atoms with E-state index in [0.29, 0.717) is 20.5 Å². The van der Waals surface area contributed by atoms with E-state index in [9.17, 15) is 9.18 Å². The number of para-hydroxylation sites is 2. The van der Waals surface area contributed by atoms with Crippen molar-refractivity contribution >= 4 is 34.2 Å². The molecule has 3 rings (SSSR count). The first kappa shape index (κ1) is 14.6. The highest BCUT2D eigenvalue weighted by Gasteiger charge is 2.13. The topological polar surface area (TPSA) is 59.8 Å². The van der Waals surface area contributed by atoms with E-state index in [2.05, 4.69) is 15.6 Å². The third-order valence-corrected chi connectivity index (χ3v) is 3.89. The van der Waals surface area contributed by atoms with Crippen LogP contribution in [0, 0.1) is 9.39 Å². The molecule has 7 heteroatoms. The zero-order valence-electron chi connectivity index (χ0n) is 11.2. The number of carbonyl (C=O) groups excluding carboxylic acids is 1. The molecule has 0 fully saturated rings. The zero-order valence-corrected chi connectivity index (χ0v) is 13.4. The molecule has 0 atom stereocenters. The van der Waals surface area contributed by atoms with E-state index >= 15 is 0 Å². The Morgan fingerprint density at radius 2 is 2.05 bits per heavy atom. The normalized spacial score (nSPS) is 10.5. The largest absolute Gasteiger partial charge is 0.320 e. The van der Waals surface area contributed by atoms with Crippen LogP contribution in [0.5, 0.6) is 0 Å². The second-order valence-electron chi connectivity index (χ2n) is 4.44. The molecule has 110 valence electrons. The number of rotatable bonds is 3. The number of hydrogen-bond acceptors (Lipinski definition) is 3. The zero-order chi connectivity index (χ0) is 15.5. The van der Waals surface area contributed by atoms with Gasteiger partial charge < -0.3 is 5.32 Å². The summed E-state index contributed by atoms with van der Waals surface area (Å²) in [6.07, 6.45) is 3.24. The Bertz CT molecular complexity index is 820. The molecule has 0 bridgehead atoms. The molecule has 1 amide bonds. The van der Waals surface area contributed by atoms with Crippen molar-refractivity contribution in [1.29, 1.82) is 0 Å². The summed E-state index contributed by atoms with van der Waals surface area (Å²) in [5.41, 5.74) is 1.71. The molecule has 5 nitrogen and oxygen atoms in total. The lowest BCUT2D eigenvalue weighted by atomic mass is 10.2. The van der Waals surface area contributed by atoms with Crippen LogP contribution in [0.2, 0.25) is 0 Å². The maximum atomic E-state index is 13.1. The van der Waals surface area contributed by atoms with Crippen LogP contribution >= 0.6 is 22.6 Å². The van der Waals surface area contributed by atoms with E-state index in [-0.39, 0.29) is 11.7 Å². The molecule has 0 aliphatic heterocycles. The van der Waals surface area contributed by atoms with Gasteiger partial charge in [0.05, 0.1) is 29.3 Å². The molecule has 1 N–H and O–H groups in total. The number of hydrogen-bond donors (Lipinski definition) is 1. The number of amides is 1. The first-order valence-electron chi connectivity index (χ1n) is 6.37. The third-order valence-electron chi connectivity index (χ3n) is 3.00. The number of carbonyl (C=O) groups is 1. The highest BCUT2D eigenvalue weighted by molar-refractivity contribution is 14.1. The number of anilines is 1. The fourth-order valence-electron chi connectivity index (χ4n) is 1.98. The summed E-state index contributed by atoms with van der Waals surface area (Å²) < 4.78 is 15.2. The van der Waals surface area contributed by atoms with Crippen molar-refractivity contribution in [3.8, 4) is 5.69 Å². The van der Waals surface area contributed by atoms with Crippen molar-refractivity contribution < 1.29 is 9.18 Å². The monoisotopic (exact) mass is 408 g/mol. The first-order valence-corrected chi connectivity index (χ1v) is 7.45. The Morgan fingerprint density at radius 1 is 1.23 bits per heavy atom. The minimum atomic E-state index is -0.371. The van der Waals surface area contributed by atoms with Gasteiger partial charge in [0.2, 0.25) is 0 Å². The van der Waals surface area contributed by atoms with E-state index < -0.39 is 0 Å². The standard InChI is InChI=1S/C15H10FIN4O/c16-10-5-6-11(12(17)9-10)15(22)19-13-3-1-2-4-14(13)21-8-7-18-20-21/h1-9H,(H,19,22). The van der Waals surface area contributed by atoms with Crippen LogP contribution < -0.4 is 5.32 Å². The summed E-state index contributed by atoms with van der Waals surface area (Å²) in [5.74, 6) is -0.680. The molecule has 1 heterocycles. The molecule has 1 aromatic heterocycles. The molecule has 22 heavy (non-hydrogen) atoms. The van der Waals surface area contributed by atoms with Gasteiger partial charge in [0.15, 0.2) is 0 Å². The molecule has 0 spiro atoms. The maximum absolute atomic E-state index is 13.1. The molecule has 2 aromatic carbocycles. The smallest absolute Gasteiger partial charge is 0.256 e. The van der Waals surface area contributed by atoms with Crippen LogP contribution in [0.15, 0.2) is 54.9 Å². The summed E-state index contributed by atoms with van der Waals surface area (Å²) in [5, 5.41) is 10.5. The lowest BCUT2D eigenvalue weighted by molar-refractivity contribution is 0.102. The van der Waals surface area contributed by atoms with Crippen molar-refractivity contribution in [1.82, 2.24) is 15.0 Å². The van der Waals surface area contributed by atoms with Crippen LogP contribution in [0.4, 0.5) is 10.1 Å². The van der Waals surface area contributed by atoms with Crippen LogP contribution in [0.1, 0.15) is 10.4 Å². The predicted octanol–water partition coefficient (Wildman–Crippen LogP) is 3.26. The Labute approximate surface area is 139 Å². The Kier molecular flexibility index (Phi) is 4.14. The van der Waals surface area contributed by atoms with Crippen molar-refractivity contribution in [3.63, 3.8) is 0 Å². The van der Waals surface area contributed by atoms with Gasteiger partial charge in [-0.05, 0) is 52.9 Å². The molecule has 0 radical (unpaired) electrons. The first-order chi connectivity index (χ1) is 10.6. The molecule has 0 aliphatic rings. The molecular weight excluding hydrogens is 398 g/mol. The van der Waals surface area contributed by atoms with E-state index in [4.69, 9.17) is 0 Å². The molecular formula is C15H10FIN4O. The van der Waals surface area contributed by atoms with Crippen molar-refractivity contribution in [3.05, 3.63) is 69.8 Å². The van der Waals surface area contributed by atoms with Gasteiger partial charge in [-0.2, -0.15) is 0 Å². The van der Waals surface area contributed by atoms with Gasteiger partial charge >= 0.3 is 0 Å². The van der Waals surface area contributed by atoms with E-state index in [1.165, 1.54) is 18.2 Å². The van der Waals surface area contributed by atoms with Gasteiger partial charge in [0.1, 0.15) is 5.82 Å². The second-order valence-corrected chi connectivity index (χ2v) is 5.61. The number of nitrogens with zero attached hydrogens (tertiary/aromatic N) is 3. The molecule has 3 aromatic rings. The summed E-state index contributed by atoms with van der Waals surface area (Å²) in [4.78, 5) is 12.4. The van der Waals surface area contributed by atoms with E-state index in [1.54, 1.807) is 23.1 Å². The maximum Gasteiger partial charge on any atom is 0.256 e. The van der Waals surface area contributed by atoms with Gasteiger partial charge in [-0.1, -0.05) is 17.3 Å². The minimum Gasteiger partial charge on any atom is -0.320 e. The number of halogens is 2. The van der Waals surface area contributed by atoms with E-state index in [1.807, 2.05) is 40.8 Å². The highest BCUT2D eigenvalue weighted by atomic mass is 127. The van der Waals surface area contributed by atoms with Crippen LogP contribution in [-0.4, -0.2) is 20.9 Å². The Hall–Kier alpha value is -2.29. The summed E-state index contributed by atoms with van der Waals surface area (Å²) in [6, 6.07) is 11.3. The van der Waals surface area contributed by atoms with E-state index in [0.717, 1.165) is 0 Å². The van der Waals surface area contributed by atoms with Crippen molar-refractivity contribution in [2.24, 2.45) is 0 Å². The molecule has 0 unspecified atom stereocenters. The second kappa shape index (κ2) is 6.22. The third kappa shape index (κ3) is 2.98. The number of nitrogens with one attached hydrogen (secondary N) is 1. The fraction of sp³-hybridized carbons (Fsp3) is 0. The SMILES string of the molecule is O=C(Nc1ccccc1-n1ccnn1)c1ccc(F)cc1I. The van der Waals surface area contributed by atoms with Gasteiger partial charge in [-0.15, -0.1) is 5.10 Å². The molecule has 0 saturated carbocycles. The summed E-state index contributed by atoms with van der Waals surface area (Å²) >= 11 is 1.93. The van der Waals surface area contributed by atoms with Crippen molar-refractivity contribution in [2.75, 3.05) is 5.32 Å². The Balaban J connectivity index is 1.92. The van der Waals surface area contributed by atoms with Gasteiger partial charge in [-0.3, -0.25) is 4.79 Å². The summed E-state index contributed by atoms with van der Waals surface area (Å²) in [7, 11) is 0. The van der Waals surface area contributed by atoms with Gasteiger partial charge in [0.25, 0.3) is 5.91 Å². The average Bonchev–Trinajstić information content (AvgIpc) is 3.01. The number of aromatic nitrogens is 3. The lowest BCUT2D eigenvalue weighted by Crippen LogP contribution is -2.15. The number of benzene rings is 2. The lowest BCUT2D eigenvalue weighted by Gasteiger charge is -2.11.